The first-order chi connectivity index (χ1) is 13.3. The van der Waals surface area contributed by atoms with Crippen molar-refractivity contribution in [2.75, 3.05) is 19.6 Å². The van der Waals surface area contributed by atoms with E-state index in [0.29, 0.717) is 36.4 Å². The summed E-state index contributed by atoms with van der Waals surface area (Å²) >= 11 is 0. The minimum atomic E-state index is -3.78. The standard InChI is InChI=1S/C19H26FN5O2S/c1-13(2)23-7-6-15(11-23)19-22-21-18-12-24(8-9-25(18)19)28(26,27)17-10-16(20)5-4-14(17)3/h4-5,10,13,15H,6-9,11-12H2,1-3H3. The number of rotatable bonds is 4. The normalized spacial score (nSPS) is 21.4. The van der Waals surface area contributed by atoms with Crippen LogP contribution in [0.25, 0.3) is 0 Å². The average Bonchev–Trinajstić information content (AvgIpc) is 3.29. The van der Waals surface area contributed by atoms with E-state index >= 15 is 0 Å². The topological polar surface area (TPSA) is 71.3 Å². The van der Waals surface area contributed by atoms with E-state index < -0.39 is 15.8 Å². The molecule has 0 amide bonds. The maximum Gasteiger partial charge on any atom is 0.243 e. The van der Waals surface area contributed by atoms with Crippen molar-refractivity contribution >= 4 is 10.0 Å². The molecule has 1 fully saturated rings. The maximum absolute atomic E-state index is 13.6. The predicted octanol–water partition coefficient (Wildman–Crippen LogP) is 2.13. The third kappa shape index (κ3) is 3.35. The van der Waals surface area contributed by atoms with E-state index in [-0.39, 0.29) is 11.4 Å². The Morgan fingerprint density at radius 2 is 1.96 bits per heavy atom. The van der Waals surface area contributed by atoms with Gasteiger partial charge in [-0.1, -0.05) is 6.07 Å². The SMILES string of the molecule is Cc1ccc(F)cc1S(=O)(=O)N1CCn2c(nnc2C2CCN(C(C)C)C2)C1. The van der Waals surface area contributed by atoms with Crippen molar-refractivity contribution in [1.82, 2.24) is 24.0 Å². The molecule has 7 nitrogen and oxygen atoms in total. The van der Waals surface area contributed by atoms with Crippen LogP contribution < -0.4 is 0 Å². The maximum atomic E-state index is 13.6. The van der Waals surface area contributed by atoms with Gasteiger partial charge in [0, 0.05) is 31.6 Å². The van der Waals surface area contributed by atoms with E-state index in [1.54, 1.807) is 6.92 Å². The number of aromatic nitrogens is 3. The monoisotopic (exact) mass is 407 g/mol. The third-order valence-corrected chi connectivity index (χ3v) is 7.82. The second kappa shape index (κ2) is 7.20. The number of likely N-dealkylation sites (tertiary alicyclic amines) is 1. The fourth-order valence-corrected chi connectivity index (χ4v) is 5.75. The van der Waals surface area contributed by atoms with E-state index in [0.717, 1.165) is 31.4 Å². The van der Waals surface area contributed by atoms with Crippen molar-refractivity contribution in [3.8, 4) is 0 Å². The molecule has 28 heavy (non-hydrogen) atoms. The minimum Gasteiger partial charge on any atom is -0.312 e. The molecule has 2 aliphatic rings. The Morgan fingerprint density at radius 3 is 2.68 bits per heavy atom. The summed E-state index contributed by atoms with van der Waals surface area (Å²) in [4.78, 5) is 2.45. The zero-order valence-electron chi connectivity index (χ0n) is 16.5. The molecule has 1 aromatic carbocycles. The smallest absolute Gasteiger partial charge is 0.243 e. The van der Waals surface area contributed by atoms with Gasteiger partial charge in [0.1, 0.15) is 17.5 Å². The molecule has 0 spiro atoms. The van der Waals surface area contributed by atoms with E-state index in [4.69, 9.17) is 0 Å². The van der Waals surface area contributed by atoms with Gasteiger partial charge in [0.2, 0.25) is 10.0 Å². The number of hydrogen-bond donors (Lipinski definition) is 0. The van der Waals surface area contributed by atoms with Crippen LogP contribution in [0.15, 0.2) is 23.1 Å². The first kappa shape index (κ1) is 19.5. The van der Waals surface area contributed by atoms with E-state index in [9.17, 15) is 12.8 Å². The largest absolute Gasteiger partial charge is 0.312 e. The van der Waals surface area contributed by atoms with Crippen molar-refractivity contribution in [3.63, 3.8) is 0 Å². The molecule has 0 aliphatic carbocycles. The third-order valence-electron chi connectivity index (χ3n) is 5.83. The van der Waals surface area contributed by atoms with Crippen LogP contribution in [0, 0.1) is 12.7 Å². The number of sulfonamides is 1. The average molecular weight is 408 g/mol. The molecule has 1 saturated heterocycles. The van der Waals surface area contributed by atoms with Gasteiger partial charge in [0.05, 0.1) is 11.4 Å². The molecule has 2 aromatic rings. The summed E-state index contributed by atoms with van der Waals surface area (Å²) in [6.07, 6.45) is 1.04. The number of nitrogens with zero attached hydrogens (tertiary/aromatic N) is 5. The molecule has 0 N–H and O–H groups in total. The van der Waals surface area contributed by atoms with Gasteiger partial charge in [0.15, 0.2) is 0 Å². The first-order valence-electron chi connectivity index (χ1n) is 9.69. The van der Waals surface area contributed by atoms with Crippen molar-refractivity contribution in [3.05, 3.63) is 41.2 Å². The highest BCUT2D eigenvalue weighted by Gasteiger charge is 2.35. The fraction of sp³-hybridized carbons (Fsp3) is 0.579. The van der Waals surface area contributed by atoms with Crippen LogP contribution in [0.5, 0.6) is 0 Å². The Labute approximate surface area is 165 Å². The number of hydrogen-bond acceptors (Lipinski definition) is 5. The fourth-order valence-electron chi connectivity index (χ4n) is 4.12. The van der Waals surface area contributed by atoms with Crippen LogP contribution in [0.2, 0.25) is 0 Å². The molecule has 1 unspecified atom stereocenters. The molecule has 1 atom stereocenters. The van der Waals surface area contributed by atoms with Gasteiger partial charge in [0.25, 0.3) is 0 Å². The summed E-state index contributed by atoms with van der Waals surface area (Å²) in [5.74, 6) is 1.39. The lowest BCUT2D eigenvalue weighted by molar-refractivity contribution is 0.270. The van der Waals surface area contributed by atoms with Gasteiger partial charge >= 0.3 is 0 Å². The Hall–Kier alpha value is -1.84. The second-order valence-electron chi connectivity index (χ2n) is 7.95. The van der Waals surface area contributed by atoms with E-state index in [1.165, 1.54) is 16.4 Å². The minimum absolute atomic E-state index is 0.0176. The number of benzene rings is 1. The van der Waals surface area contributed by atoms with E-state index in [2.05, 4.69) is 33.5 Å². The molecular formula is C19H26FN5O2S. The predicted molar refractivity (Wildman–Crippen MR) is 103 cm³/mol. The van der Waals surface area contributed by atoms with Crippen LogP contribution in [0.3, 0.4) is 0 Å². The lowest BCUT2D eigenvalue weighted by Crippen LogP contribution is -2.39. The Balaban J connectivity index is 1.57. The highest BCUT2D eigenvalue weighted by atomic mass is 32.2. The van der Waals surface area contributed by atoms with Gasteiger partial charge in [-0.3, -0.25) is 0 Å². The summed E-state index contributed by atoms with van der Waals surface area (Å²) in [6, 6.07) is 4.36. The Kier molecular flexibility index (Phi) is 5.01. The molecule has 0 saturated carbocycles. The van der Waals surface area contributed by atoms with Gasteiger partial charge in [-0.25, -0.2) is 12.8 Å². The molecule has 0 bridgehead atoms. The van der Waals surface area contributed by atoms with Crippen molar-refractivity contribution < 1.29 is 12.8 Å². The lowest BCUT2D eigenvalue weighted by Gasteiger charge is -2.28. The van der Waals surface area contributed by atoms with Crippen LogP contribution >= 0.6 is 0 Å². The summed E-state index contributed by atoms with van der Waals surface area (Å²) in [7, 11) is -3.78. The highest BCUT2D eigenvalue weighted by molar-refractivity contribution is 7.89. The van der Waals surface area contributed by atoms with Gasteiger partial charge < -0.3 is 9.47 Å². The molecule has 1 aromatic heterocycles. The second-order valence-corrected chi connectivity index (χ2v) is 9.86. The summed E-state index contributed by atoms with van der Waals surface area (Å²) in [5.41, 5.74) is 0.536. The molecule has 3 heterocycles. The van der Waals surface area contributed by atoms with Gasteiger partial charge in [-0.2, -0.15) is 4.31 Å². The van der Waals surface area contributed by atoms with Crippen LogP contribution in [0.4, 0.5) is 4.39 Å². The van der Waals surface area contributed by atoms with Crippen LogP contribution in [0.1, 0.15) is 43.4 Å². The van der Waals surface area contributed by atoms with Crippen LogP contribution in [-0.2, 0) is 23.1 Å². The zero-order chi connectivity index (χ0) is 20.1. The zero-order valence-corrected chi connectivity index (χ0v) is 17.3. The molecule has 9 heteroatoms. The van der Waals surface area contributed by atoms with Crippen LogP contribution in [-0.4, -0.2) is 58.1 Å². The first-order valence-corrected chi connectivity index (χ1v) is 11.1. The Morgan fingerprint density at radius 1 is 1.18 bits per heavy atom. The Bertz CT molecular complexity index is 988. The van der Waals surface area contributed by atoms with E-state index in [1.807, 2.05) is 0 Å². The number of halogens is 1. The van der Waals surface area contributed by atoms with Crippen molar-refractivity contribution in [2.24, 2.45) is 0 Å². The van der Waals surface area contributed by atoms with Gasteiger partial charge in [-0.15, -0.1) is 10.2 Å². The highest BCUT2D eigenvalue weighted by Crippen LogP contribution is 2.30. The molecular weight excluding hydrogens is 381 g/mol. The number of fused-ring (bicyclic) bond motifs is 1. The van der Waals surface area contributed by atoms with Crippen molar-refractivity contribution in [1.29, 1.82) is 0 Å². The molecule has 2 aliphatic heterocycles. The summed E-state index contributed by atoms with van der Waals surface area (Å²) in [5, 5.41) is 8.68. The quantitative estimate of drug-likeness (QED) is 0.777. The lowest BCUT2D eigenvalue weighted by atomic mass is 10.1. The molecule has 0 radical (unpaired) electrons. The summed E-state index contributed by atoms with van der Waals surface area (Å²) in [6.45, 7) is 9.07. The summed E-state index contributed by atoms with van der Waals surface area (Å²) < 4.78 is 43.2. The number of aryl methyl sites for hydroxylation is 1. The van der Waals surface area contributed by atoms with Crippen molar-refractivity contribution in [2.45, 2.75) is 57.1 Å². The van der Waals surface area contributed by atoms with Gasteiger partial charge in [-0.05, 0) is 51.4 Å². The molecule has 152 valence electrons. The molecule has 4 rings (SSSR count).